The van der Waals surface area contributed by atoms with Gasteiger partial charge in [-0.25, -0.2) is 0 Å². The molecule has 0 radical (unpaired) electrons. The standard InChI is InChI=1S/C5H10BrNO2/c1-9-5(8)4(7)2-3-6/h4H,2-3,7H2,1H3/t4-/m1/s1. The average molecular weight is 196 g/mol. The van der Waals surface area contributed by atoms with E-state index in [1.165, 1.54) is 7.11 Å². The van der Waals surface area contributed by atoms with E-state index in [1.54, 1.807) is 0 Å². The van der Waals surface area contributed by atoms with E-state index in [0.717, 1.165) is 5.33 Å². The molecule has 54 valence electrons. The van der Waals surface area contributed by atoms with Crippen molar-refractivity contribution < 1.29 is 9.53 Å². The van der Waals surface area contributed by atoms with Gasteiger partial charge in [-0.05, 0) is 6.42 Å². The first-order valence-corrected chi connectivity index (χ1v) is 3.74. The highest BCUT2D eigenvalue weighted by Crippen LogP contribution is 1.94. The second-order valence-electron chi connectivity index (χ2n) is 1.61. The number of methoxy groups -OCH3 is 1. The highest BCUT2D eigenvalue weighted by atomic mass is 79.9. The smallest absolute Gasteiger partial charge is 0.322 e. The minimum Gasteiger partial charge on any atom is -0.468 e. The lowest BCUT2D eigenvalue weighted by atomic mass is 10.2. The number of ether oxygens (including phenoxy) is 1. The normalized spacial score (nSPS) is 12.8. The van der Waals surface area contributed by atoms with Crippen LogP contribution >= 0.6 is 15.9 Å². The van der Waals surface area contributed by atoms with Crippen molar-refractivity contribution in [3.8, 4) is 0 Å². The van der Waals surface area contributed by atoms with Crippen molar-refractivity contribution in [3.63, 3.8) is 0 Å². The summed E-state index contributed by atoms with van der Waals surface area (Å²) >= 11 is 3.16. The van der Waals surface area contributed by atoms with Gasteiger partial charge in [-0.1, -0.05) is 15.9 Å². The minimum absolute atomic E-state index is 0.352. The van der Waals surface area contributed by atoms with Crippen LogP contribution in [-0.2, 0) is 9.53 Å². The first kappa shape index (κ1) is 8.91. The molecule has 0 aliphatic carbocycles. The van der Waals surface area contributed by atoms with Crippen molar-refractivity contribution in [2.24, 2.45) is 5.73 Å². The number of carbonyl (C=O) groups is 1. The Labute approximate surface area is 62.7 Å². The zero-order valence-corrected chi connectivity index (χ0v) is 6.85. The average Bonchev–Trinajstić information content (AvgIpc) is 1.87. The van der Waals surface area contributed by atoms with Crippen LogP contribution in [0.15, 0.2) is 0 Å². The molecule has 0 unspecified atom stereocenters. The van der Waals surface area contributed by atoms with E-state index in [9.17, 15) is 4.79 Å². The van der Waals surface area contributed by atoms with Gasteiger partial charge in [0, 0.05) is 5.33 Å². The molecule has 0 bridgehead atoms. The second-order valence-corrected chi connectivity index (χ2v) is 2.40. The third-order valence-electron chi connectivity index (χ3n) is 0.924. The second kappa shape index (κ2) is 4.76. The van der Waals surface area contributed by atoms with E-state index < -0.39 is 6.04 Å². The molecule has 9 heavy (non-hydrogen) atoms. The van der Waals surface area contributed by atoms with Gasteiger partial charge in [-0.3, -0.25) is 4.79 Å². The van der Waals surface area contributed by atoms with E-state index in [2.05, 4.69) is 20.7 Å². The Morgan fingerprint density at radius 2 is 2.44 bits per heavy atom. The van der Waals surface area contributed by atoms with Gasteiger partial charge in [0.1, 0.15) is 6.04 Å². The fourth-order valence-electron chi connectivity index (χ4n) is 0.387. The number of halogens is 1. The van der Waals surface area contributed by atoms with Gasteiger partial charge in [0.25, 0.3) is 0 Å². The van der Waals surface area contributed by atoms with Crippen LogP contribution in [0.3, 0.4) is 0 Å². The summed E-state index contributed by atoms with van der Waals surface area (Å²) in [5.41, 5.74) is 5.33. The van der Waals surface area contributed by atoms with Crippen molar-refractivity contribution in [1.29, 1.82) is 0 Å². The molecule has 0 rings (SSSR count). The third-order valence-corrected chi connectivity index (χ3v) is 1.38. The maximum Gasteiger partial charge on any atom is 0.322 e. The Kier molecular flexibility index (Phi) is 4.71. The molecule has 0 fully saturated rings. The summed E-state index contributed by atoms with van der Waals surface area (Å²) in [6.07, 6.45) is 0.618. The molecule has 3 nitrogen and oxygen atoms in total. The fraction of sp³-hybridized carbons (Fsp3) is 0.800. The monoisotopic (exact) mass is 195 g/mol. The number of hydrogen-bond donors (Lipinski definition) is 1. The van der Waals surface area contributed by atoms with Crippen LogP contribution in [0.2, 0.25) is 0 Å². The van der Waals surface area contributed by atoms with Crippen LogP contribution in [-0.4, -0.2) is 24.5 Å². The van der Waals surface area contributed by atoms with E-state index in [1.807, 2.05) is 0 Å². The molecular weight excluding hydrogens is 186 g/mol. The Morgan fingerprint density at radius 3 is 2.78 bits per heavy atom. The largest absolute Gasteiger partial charge is 0.468 e. The van der Waals surface area contributed by atoms with E-state index in [4.69, 9.17) is 5.73 Å². The molecule has 0 aliphatic heterocycles. The van der Waals surface area contributed by atoms with Crippen LogP contribution in [0, 0.1) is 0 Å². The van der Waals surface area contributed by atoms with Gasteiger partial charge >= 0.3 is 5.97 Å². The summed E-state index contributed by atoms with van der Waals surface area (Å²) in [7, 11) is 1.33. The first-order valence-electron chi connectivity index (χ1n) is 2.61. The predicted molar refractivity (Wildman–Crippen MR) is 38.4 cm³/mol. The third kappa shape index (κ3) is 3.48. The maximum atomic E-state index is 10.5. The topological polar surface area (TPSA) is 52.3 Å². The molecule has 0 amide bonds. The quantitative estimate of drug-likeness (QED) is 0.520. The summed E-state index contributed by atoms with van der Waals surface area (Å²) < 4.78 is 4.38. The van der Waals surface area contributed by atoms with Crippen molar-refractivity contribution in [2.75, 3.05) is 12.4 Å². The lowest BCUT2D eigenvalue weighted by Gasteiger charge is -2.04. The van der Waals surface area contributed by atoms with Crippen LogP contribution in [0.5, 0.6) is 0 Å². The Hall–Kier alpha value is -0.0900. The molecule has 0 spiro atoms. The minimum atomic E-state index is -0.477. The fourth-order valence-corrected chi connectivity index (χ4v) is 0.880. The van der Waals surface area contributed by atoms with Crippen LogP contribution in [0.1, 0.15) is 6.42 Å². The van der Waals surface area contributed by atoms with Gasteiger partial charge < -0.3 is 10.5 Å². The zero-order chi connectivity index (χ0) is 7.28. The molecular formula is C5H10BrNO2. The molecule has 0 heterocycles. The number of rotatable bonds is 3. The number of carbonyl (C=O) groups excluding carboxylic acids is 1. The molecule has 0 aliphatic rings. The molecule has 0 aromatic carbocycles. The van der Waals surface area contributed by atoms with Crippen molar-refractivity contribution in [3.05, 3.63) is 0 Å². The van der Waals surface area contributed by atoms with E-state index in [-0.39, 0.29) is 5.97 Å². The molecule has 1 atom stereocenters. The molecule has 0 aromatic heterocycles. The van der Waals surface area contributed by atoms with Crippen LogP contribution in [0.25, 0.3) is 0 Å². The molecule has 2 N–H and O–H groups in total. The molecule has 4 heteroatoms. The number of alkyl halides is 1. The van der Waals surface area contributed by atoms with Crippen LogP contribution in [0.4, 0.5) is 0 Å². The predicted octanol–water partition coefficient (Wildman–Crippen LogP) is 0.272. The summed E-state index contributed by atoms with van der Waals surface area (Å²) in [6.45, 7) is 0. The summed E-state index contributed by atoms with van der Waals surface area (Å²) in [6, 6.07) is -0.477. The van der Waals surface area contributed by atoms with Gasteiger partial charge in [-0.2, -0.15) is 0 Å². The Balaban J connectivity index is 3.45. The van der Waals surface area contributed by atoms with Crippen LogP contribution < -0.4 is 5.73 Å². The number of esters is 1. The highest BCUT2D eigenvalue weighted by Gasteiger charge is 2.11. The van der Waals surface area contributed by atoms with E-state index in [0.29, 0.717) is 6.42 Å². The number of nitrogens with two attached hydrogens (primary N) is 1. The maximum absolute atomic E-state index is 10.5. The van der Waals surface area contributed by atoms with Crippen molar-refractivity contribution in [1.82, 2.24) is 0 Å². The zero-order valence-electron chi connectivity index (χ0n) is 5.26. The van der Waals surface area contributed by atoms with Crippen molar-refractivity contribution in [2.45, 2.75) is 12.5 Å². The van der Waals surface area contributed by atoms with Gasteiger partial charge in [0.05, 0.1) is 7.11 Å². The SMILES string of the molecule is COC(=O)[C@H](N)CCBr. The van der Waals surface area contributed by atoms with E-state index >= 15 is 0 Å². The molecule has 0 aromatic rings. The summed E-state index contributed by atoms with van der Waals surface area (Å²) in [5, 5.41) is 0.725. The molecule has 0 saturated heterocycles. The summed E-state index contributed by atoms with van der Waals surface area (Å²) in [5.74, 6) is -0.352. The highest BCUT2D eigenvalue weighted by molar-refractivity contribution is 9.09. The molecule has 0 saturated carbocycles. The van der Waals surface area contributed by atoms with Gasteiger partial charge in [-0.15, -0.1) is 0 Å². The Morgan fingerprint density at radius 1 is 1.89 bits per heavy atom. The Bertz CT molecular complexity index is 97.0. The van der Waals surface area contributed by atoms with Gasteiger partial charge in [0.2, 0.25) is 0 Å². The first-order chi connectivity index (χ1) is 4.22. The number of hydrogen-bond acceptors (Lipinski definition) is 3. The van der Waals surface area contributed by atoms with Gasteiger partial charge in [0.15, 0.2) is 0 Å². The van der Waals surface area contributed by atoms with Crippen molar-refractivity contribution >= 4 is 21.9 Å². The lowest BCUT2D eigenvalue weighted by Crippen LogP contribution is -2.31. The summed E-state index contributed by atoms with van der Waals surface area (Å²) in [4.78, 5) is 10.5. The lowest BCUT2D eigenvalue weighted by molar-refractivity contribution is -0.142.